The Bertz CT molecular complexity index is 610. The molecule has 0 fully saturated rings. The van der Waals surface area contributed by atoms with Gasteiger partial charge in [-0.2, -0.15) is 0 Å². The third-order valence-electron chi connectivity index (χ3n) is 2.91. The van der Waals surface area contributed by atoms with E-state index in [1.807, 2.05) is 44.2 Å². The maximum absolute atomic E-state index is 11.7. The first kappa shape index (κ1) is 14.9. The maximum atomic E-state index is 11.7. The number of anilines is 1. The second kappa shape index (κ2) is 6.77. The monoisotopic (exact) mass is 308 g/mol. The van der Waals surface area contributed by atoms with Crippen LogP contribution in [-0.2, 0) is 6.54 Å². The molecule has 106 valence electrons. The Morgan fingerprint density at radius 3 is 2.70 bits per heavy atom. The molecule has 0 spiro atoms. The van der Waals surface area contributed by atoms with Crippen molar-refractivity contribution in [3.05, 3.63) is 50.7 Å². The van der Waals surface area contributed by atoms with Crippen molar-refractivity contribution in [2.24, 2.45) is 0 Å². The van der Waals surface area contributed by atoms with Crippen molar-refractivity contribution in [3.8, 4) is 0 Å². The predicted octanol–water partition coefficient (Wildman–Crippen LogP) is 4.07. The lowest BCUT2D eigenvalue weighted by molar-refractivity contribution is 0.0956. The van der Waals surface area contributed by atoms with Crippen LogP contribution in [0.25, 0.3) is 0 Å². The number of benzene rings is 1. The third-order valence-corrected chi connectivity index (χ3v) is 4.14. The van der Waals surface area contributed by atoms with Crippen LogP contribution in [-0.4, -0.2) is 12.5 Å². The van der Waals surface area contributed by atoms with Crippen LogP contribution < -0.4 is 10.6 Å². The van der Waals surface area contributed by atoms with Crippen molar-refractivity contribution in [1.29, 1.82) is 0 Å². The lowest BCUT2D eigenvalue weighted by Gasteiger charge is -2.10. The summed E-state index contributed by atoms with van der Waals surface area (Å²) in [5, 5.41) is 6.16. The van der Waals surface area contributed by atoms with E-state index in [9.17, 15) is 4.79 Å². The first-order valence-corrected chi connectivity index (χ1v) is 7.66. The fraction of sp³-hybridized carbons (Fsp3) is 0.267. The minimum atomic E-state index is -0.0350. The summed E-state index contributed by atoms with van der Waals surface area (Å²) in [7, 11) is 0. The van der Waals surface area contributed by atoms with Crippen LogP contribution in [0.15, 0.2) is 30.3 Å². The van der Waals surface area contributed by atoms with E-state index in [1.54, 1.807) is 11.3 Å². The average molecular weight is 309 g/mol. The van der Waals surface area contributed by atoms with Gasteiger partial charge in [0, 0.05) is 29.2 Å². The molecular weight excluding hydrogens is 292 g/mol. The van der Waals surface area contributed by atoms with Crippen molar-refractivity contribution >= 4 is 34.5 Å². The number of carbonyl (C=O) groups excluding carboxylic acids is 1. The van der Waals surface area contributed by atoms with Gasteiger partial charge in [0.2, 0.25) is 0 Å². The molecule has 0 bridgehead atoms. The molecule has 0 atom stereocenters. The number of thiophene rings is 1. The van der Waals surface area contributed by atoms with Crippen LogP contribution in [0.5, 0.6) is 0 Å². The van der Waals surface area contributed by atoms with Crippen molar-refractivity contribution in [2.75, 3.05) is 11.9 Å². The van der Waals surface area contributed by atoms with Crippen molar-refractivity contribution in [2.45, 2.75) is 20.4 Å². The van der Waals surface area contributed by atoms with Crippen LogP contribution in [0.3, 0.4) is 0 Å². The second-order valence-corrected chi connectivity index (χ2v) is 6.25. The molecule has 5 heteroatoms. The van der Waals surface area contributed by atoms with Crippen LogP contribution in [0, 0.1) is 6.92 Å². The number of aryl methyl sites for hydroxylation is 1. The summed E-state index contributed by atoms with van der Waals surface area (Å²) in [6.45, 7) is 5.27. The first-order chi connectivity index (χ1) is 9.60. The van der Waals surface area contributed by atoms with Gasteiger partial charge in [0.1, 0.15) is 0 Å². The fourth-order valence-electron chi connectivity index (χ4n) is 1.89. The lowest BCUT2D eigenvalue weighted by Crippen LogP contribution is -2.22. The van der Waals surface area contributed by atoms with Crippen LogP contribution in [0.4, 0.5) is 5.69 Å². The van der Waals surface area contributed by atoms with Gasteiger partial charge >= 0.3 is 0 Å². The van der Waals surface area contributed by atoms with Crippen molar-refractivity contribution < 1.29 is 4.79 Å². The molecule has 0 aliphatic rings. The summed E-state index contributed by atoms with van der Waals surface area (Å²) in [5.74, 6) is -0.0350. The Kier molecular flexibility index (Phi) is 5.04. The molecule has 0 radical (unpaired) electrons. The Morgan fingerprint density at radius 2 is 2.10 bits per heavy atom. The van der Waals surface area contributed by atoms with Gasteiger partial charge in [0.15, 0.2) is 0 Å². The smallest absolute Gasteiger partial charge is 0.251 e. The average Bonchev–Trinajstić information content (AvgIpc) is 2.83. The zero-order valence-electron chi connectivity index (χ0n) is 11.5. The highest BCUT2D eigenvalue weighted by molar-refractivity contribution is 7.16. The van der Waals surface area contributed by atoms with Gasteiger partial charge in [0.25, 0.3) is 5.91 Å². The Balaban J connectivity index is 2.04. The van der Waals surface area contributed by atoms with Crippen molar-refractivity contribution in [1.82, 2.24) is 5.32 Å². The van der Waals surface area contributed by atoms with E-state index in [-0.39, 0.29) is 5.91 Å². The van der Waals surface area contributed by atoms with Crippen molar-refractivity contribution in [3.63, 3.8) is 0 Å². The molecule has 1 heterocycles. The maximum Gasteiger partial charge on any atom is 0.251 e. The second-order valence-electron chi connectivity index (χ2n) is 4.45. The molecule has 1 aromatic carbocycles. The normalized spacial score (nSPS) is 10.3. The van der Waals surface area contributed by atoms with Gasteiger partial charge in [0.05, 0.1) is 4.34 Å². The highest BCUT2D eigenvalue weighted by Gasteiger charge is 2.07. The summed E-state index contributed by atoms with van der Waals surface area (Å²) < 4.78 is 0.796. The number of carbonyl (C=O) groups is 1. The van der Waals surface area contributed by atoms with Gasteiger partial charge in [-0.25, -0.2) is 0 Å². The largest absolute Gasteiger partial charge is 0.380 e. The van der Waals surface area contributed by atoms with E-state index in [4.69, 9.17) is 11.6 Å². The van der Waals surface area contributed by atoms with Crippen LogP contribution in [0.2, 0.25) is 4.34 Å². The van der Waals surface area contributed by atoms with Gasteiger partial charge in [-0.15, -0.1) is 11.3 Å². The zero-order valence-corrected chi connectivity index (χ0v) is 13.1. The number of hydrogen-bond acceptors (Lipinski definition) is 3. The third kappa shape index (κ3) is 3.74. The molecule has 0 unspecified atom stereocenters. The highest BCUT2D eigenvalue weighted by Crippen LogP contribution is 2.23. The number of hydrogen-bond donors (Lipinski definition) is 2. The molecule has 1 amide bonds. The van der Waals surface area contributed by atoms with E-state index in [2.05, 4.69) is 10.6 Å². The van der Waals surface area contributed by atoms with Gasteiger partial charge in [-0.1, -0.05) is 11.6 Å². The van der Waals surface area contributed by atoms with Gasteiger partial charge in [-0.3, -0.25) is 4.79 Å². The molecule has 0 saturated heterocycles. The lowest BCUT2D eigenvalue weighted by atomic mass is 10.1. The van der Waals surface area contributed by atoms with E-state index < -0.39 is 0 Å². The number of halogens is 1. The van der Waals surface area contributed by atoms with Gasteiger partial charge in [-0.05, 0) is 49.7 Å². The molecule has 1 aromatic heterocycles. The van der Waals surface area contributed by atoms with E-state index >= 15 is 0 Å². The zero-order chi connectivity index (χ0) is 14.5. The molecule has 2 aromatic rings. The Morgan fingerprint density at radius 1 is 1.30 bits per heavy atom. The fourth-order valence-corrected chi connectivity index (χ4v) is 2.92. The number of rotatable bonds is 5. The summed E-state index contributed by atoms with van der Waals surface area (Å²) in [4.78, 5) is 12.9. The number of amides is 1. The molecule has 0 aliphatic carbocycles. The predicted molar refractivity (Wildman–Crippen MR) is 85.8 cm³/mol. The summed E-state index contributed by atoms with van der Waals surface area (Å²) in [6, 6.07) is 9.58. The SMILES string of the molecule is CCNC(=O)c1ccc(NCc2ccc(Cl)s2)c(C)c1. The molecule has 0 aliphatic heterocycles. The summed E-state index contributed by atoms with van der Waals surface area (Å²) >= 11 is 7.47. The van der Waals surface area contributed by atoms with Crippen LogP contribution in [0.1, 0.15) is 27.7 Å². The molecule has 3 nitrogen and oxygen atoms in total. The minimum absolute atomic E-state index is 0.0350. The van der Waals surface area contributed by atoms with Gasteiger partial charge < -0.3 is 10.6 Å². The van der Waals surface area contributed by atoms with E-state index in [1.165, 1.54) is 4.88 Å². The quantitative estimate of drug-likeness (QED) is 0.874. The Hall–Kier alpha value is -1.52. The topological polar surface area (TPSA) is 41.1 Å². The molecule has 2 rings (SSSR count). The first-order valence-electron chi connectivity index (χ1n) is 6.47. The summed E-state index contributed by atoms with van der Waals surface area (Å²) in [6.07, 6.45) is 0. The molecular formula is C15H17ClN2OS. The minimum Gasteiger partial charge on any atom is -0.380 e. The molecule has 0 saturated carbocycles. The number of nitrogens with one attached hydrogen (secondary N) is 2. The van der Waals surface area contributed by atoms with E-state index in [0.29, 0.717) is 12.1 Å². The van der Waals surface area contributed by atoms with E-state index in [0.717, 1.165) is 22.1 Å². The standard InChI is InChI=1S/C15H17ClN2OS/c1-3-17-15(19)11-4-6-13(10(2)8-11)18-9-12-5-7-14(16)20-12/h4-8,18H,3,9H2,1-2H3,(H,17,19). The molecule has 20 heavy (non-hydrogen) atoms. The van der Waals surface area contributed by atoms with Crippen LogP contribution >= 0.6 is 22.9 Å². The molecule has 2 N–H and O–H groups in total. The Labute approximate surface area is 128 Å². The highest BCUT2D eigenvalue weighted by atomic mass is 35.5. The summed E-state index contributed by atoms with van der Waals surface area (Å²) in [5.41, 5.74) is 2.77.